The largest absolute Gasteiger partial charge is 0.493 e. The number of allylic oxidation sites excluding steroid dienone is 1. The first-order valence-corrected chi connectivity index (χ1v) is 11.7. The van der Waals surface area contributed by atoms with Crippen LogP contribution in [-0.2, 0) is 16.0 Å². The second-order valence-electron chi connectivity index (χ2n) is 8.19. The highest BCUT2D eigenvalue weighted by atomic mass is 16.6. The molecule has 0 fully saturated rings. The van der Waals surface area contributed by atoms with E-state index in [1.807, 2.05) is 56.3 Å². The van der Waals surface area contributed by atoms with E-state index in [0.717, 1.165) is 11.1 Å². The number of hydrogen-bond donors (Lipinski definition) is 0. The number of methoxy groups -OCH3 is 2. The lowest BCUT2D eigenvalue weighted by Gasteiger charge is -2.42. The summed E-state index contributed by atoms with van der Waals surface area (Å²) in [5, 5.41) is 0. The number of carbonyl (C=O) groups excluding carboxylic acids is 2. The summed E-state index contributed by atoms with van der Waals surface area (Å²) in [7, 11) is 3.10. The molecular formula is C27H34N2O6. The van der Waals surface area contributed by atoms with Crippen LogP contribution in [0.2, 0.25) is 0 Å². The number of hydrogen-bond acceptors (Lipinski definition) is 6. The molecule has 0 aliphatic carbocycles. The fraction of sp³-hybridized carbons (Fsp3) is 0.407. The summed E-state index contributed by atoms with van der Waals surface area (Å²) >= 11 is 0. The minimum atomic E-state index is -0.465. The molecule has 0 bridgehead atoms. The van der Waals surface area contributed by atoms with Crippen molar-refractivity contribution in [1.82, 2.24) is 4.90 Å². The van der Waals surface area contributed by atoms with Gasteiger partial charge in [0.2, 0.25) is 0 Å². The predicted octanol–water partition coefficient (Wildman–Crippen LogP) is 5.71. The van der Waals surface area contributed by atoms with E-state index in [0.29, 0.717) is 30.2 Å². The first kappa shape index (κ1) is 25.9. The topological polar surface area (TPSA) is 77.5 Å². The third-order valence-corrected chi connectivity index (χ3v) is 5.97. The zero-order chi connectivity index (χ0) is 25.4. The molecule has 8 heteroatoms. The van der Waals surface area contributed by atoms with Gasteiger partial charge in [-0.15, -0.1) is 0 Å². The van der Waals surface area contributed by atoms with E-state index in [2.05, 4.69) is 0 Å². The molecule has 2 amide bonds. The van der Waals surface area contributed by atoms with E-state index in [-0.39, 0.29) is 25.3 Å². The Balaban J connectivity index is 2.10. The van der Waals surface area contributed by atoms with Crippen LogP contribution < -0.4 is 14.4 Å². The van der Waals surface area contributed by atoms with Crippen LogP contribution in [0.4, 0.5) is 15.3 Å². The fourth-order valence-corrected chi connectivity index (χ4v) is 4.30. The van der Waals surface area contributed by atoms with Crippen LogP contribution in [0.5, 0.6) is 11.5 Å². The van der Waals surface area contributed by atoms with Crippen molar-refractivity contribution in [2.75, 3.05) is 32.3 Å². The van der Waals surface area contributed by atoms with Gasteiger partial charge in [0.25, 0.3) is 0 Å². The zero-order valence-corrected chi connectivity index (χ0v) is 21.0. The molecule has 0 aromatic heterocycles. The molecular weight excluding hydrogens is 448 g/mol. The zero-order valence-electron chi connectivity index (χ0n) is 21.0. The third-order valence-electron chi connectivity index (χ3n) is 5.97. The van der Waals surface area contributed by atoms with Crippen molar-refractivity contribution in [3.05, 3.63) is 65.7 Å². The fourth-order valence-electron chi connectivity index (χ4n) is 4.30. The van der Waals surface area contributed by atoms with E-state index in [1.54, 1.807) is 43.1 Å². The van der Waals surface area contributed by atoms with Gasteiger partial charge in [0, 0.05) is 24.2 Å². The van der Waals surface area contributed by atoms with E-state index in [1.165, 1.54) is 0 Å². The van der Waals surface area contributed by atoms with Crippen molar-refractivity contribution >= 4 is 17.9 Å². The minimum Gasteiger partial charge on any atom is -0.493 e. The summed E-state index contributed by atoms with van der Waals surface area (Å²) in [6.45, 7) is 6.38. The monoisotopic (exact) mass is 482 g/mol. The Labute approximate surface area is 207 Å². The van der Waals surface area contributed by atoms with E-state index in [9.17, 15) is 9.59 Å². The van der Waals surface area contributed by atoms with Crippen LogP contribution in [0.1, 0.15) is 44.4 Å². The van der Waals surface area contributed by atoms with Crippen LogP contribution in [-0.4, -0.2) is 50.6 Å². The van der Waals surface area contributed by atoms with Crippen LogP contribution in [0.15, 0.2) is 54.6 Å². The molecule has 2 aromatic rings. The summed E-state index contributed by atoms with van der Waals surface area (Å²) in [6, 6.07) is 12.7. The SMILES string of the molecule is CC=CCOC(=O)N1c2cc(OC)c(OC)cc2C(N(Cc2ccccc2)C(=O)OCC)CC1C. The molecule has 0 saturated carbocycles. The summed E-state index contributed by atoms with van der Waals surface area (Å²) in [5.74, 6) is 0.993. The maximum absolute atomic E-state index is 13.2. The van der Waals surface area contributed by atoms with E-state index < -0.39 is 12.2 Å². The third kappa shape index (κ3) is 5.88. The summed E-state index contributed by atoms with van der Waals surface area (Å²) in [5.41, 5.74) is 2.34. The lowest BCUT2D eigenvalue weighted by atomic mass is 9.90. The first-order valence-electron chi connectivity index (χ1n) is 11.7. The lowest BCUT2D eigenvalue weighted by molar-refractivity contribution is 0.0809. The molecule has 2 unspecified atom stereocenters. The van der Waals surface area contributed by atoms with E-state index in [4.69, 9.17) is 18.9 Å². The molecule has 2 aromatic carbocycles. The predicted molar refractivity (Wildman–Crippen MR) is 134 cm³/mol. The molecule has 0 N–H and O–H groups in total. The van der Waals surface area contributed by atoms with Crippen molar-refractivity contribution in [2.24, 2.45) is 0 Å². The Morgan fingerprint density at radius 2 is 1.77 bits per heavy atom. The number of carbonyl (C=O) groups is 2. The van der Waals surface area contributed by atoms with Gasteiger partial charge >= 0.3 is 12.2 Å². The number of ether oxygens (including phenoxy) is 4. The number of rotatable bonds is 8. The summed E-state index contributed by atoms with van der Waals surface area (Å²) < 4.78 is 22.0. The summed E-state index contributed by atoms with van der Waals surface area (Å²) in [4.78, 5) is 29.6. The van der Waals surface area contributed by atoms with Crippen LogP contribution >= 0.6 is 0 Å². The Kier molecular flexibility index (Phi) is 9.00. The second kappa shape index (κ2) is 12.1. The molecule has 8 nitrogen and oxygen atoms in total. The highest BCUT2D eigenvalue weighted by Gasteiger charge is 2.40. The molecule has 3 rings (SSSR count). The van der Waals surface area contributed by atoms with Crippen molar-refractivity contribution < 1.29 is 28.5 Å². The number of benzene rings is 2. The van der Waals surface area contributed by atoms with Crippen molar-refractivity contribution in [2.45, 2.75) is 45.8 Å². The summed E-state index contributed by atoms with van der Waals surface area (Å²) in [6.07, 6.45) is 3.21. The normalized spacial score (nSPS) is 17.0. The average Bonchev–Trinajstić information content (AvgIpc) is 2.86. The number of amides is 2. The van der Waals surface area contributed by atoms with E-state index >= 15 is 0 Å². The van der Waals surface area contributed by atoms with Crippen molar-refractivity contribution in [3.8, 4) is 11.5 Å². The molecule has 35 heavy (non-hydrogen) atoms. The van der Waals surface area contributed by atoms with Gasteiger partial charge in [-0.25, -0.2) is 9.59 Å². The van der Waals surface area contributed by atoms with Gasteiger partial charge in [-0.3, -0.25) is 9.80 Å². The molecule has 188 valence electrons. The van der Waals surface area contributed by atoms with Gasteiger partial charge in [0.1, 0.15) is 6.61 Å². The second-order valence-corrected chi connectivity index (χ2v) is 8.19. The molecule has 1 heterocycles. The maximum atomic E-state index is 13.2. The minimum absolute atomic E-state index is 0.174. The first-order chi connectivity index (χ1) is 16.9. The van der Waals surface area contributed by atoms with Gasteiger partial charge in [-0.1, -0.05) is 42.5 Å². The Morgan fingerprint density at radius 3 is 2.40 bits per heavy atom. The molecule has 2 atom stereocenters. The molecule has 0 radical (unpaired) electrons. The highest BCUT2D eigenvalue weighted by molar-refractivity contribution is 5.91. The Bertz CT molecular complexity index is 1040. The standard InChI is InChI=1S/C27H34N2O6/c1-6-8-14-35-27(31)29-19(3)15-22(21-16-24(32-4)25(33-5)17-23(21)29)28(26(30)34-7-2)18-20-12-10-9-11-13-20/h6,8-13,16-17,19,22H,7,14-15,18H2,1-5H3. The lowest BCUT2D eigenvalue weighted by Crippen LogP contribution is -2.47. The molecule has 0 spiro atoms. The number of nitrogens with zero attached hydrogens (tertiary/aromatic N) is 2. The highest BCUT2D eigenvalue weighted by Crippen LogP contribution is 2.46. The van der Waals surface area contributed by atoms with Crippen LogP contribution in [0.3, 0.4) is 0 Å². The molecule has 1 aliphatic rings. The Morgan fingerprint density at radius 1 is 1.09 bits per heavy atom. The smallest absolute Gasteiger partial charge is 0.414 e. The number of fused-ring (bicyclic) bond motifs is 1. The van der Waals surface area contributed by atoms with Crippen molar-refractivity contribution in [1.29, 1.82) is 0 Å². The van der Waals surface area contributed by atoms with Crippen LogP contribution in [0, 0.1) is 0 Å². The van der Waals surface area contributed by atoms with Crippen molar-refractivity contribution in [3.63, 3.8) is 0 Å². The number of anilines is 1. The van der Waals surface area contributed by atoms with Gasteiger partial charge < -0.3 is 18.9 Å². The van der Waals surface area contributed by atoms with Gasteiger partial charge in [-0.05, 0) is 38.8 Å². The van der Waals surface area contributed by atoms with Gasteiger partial charge in [-0.2, -0.15) is 0 Å². The Hall–Kier alpha value is -3.68. The van der Waals surface area contributed by atoms with Gasteiger partial charge in [0.15, 0.2) is 11.5 Å². The molecule has 1 aliphatic heterocycles. The van der Waals surface area contributed by atoms with Gasteiger partial charge in [0.05, 0.1) is 32.6 Å². The van der Waals surface area contributed by atoms with Crippen LogP contribution in [0.25, 0.3) is 0 Å². The average molecular weight is 483 g/mol. The quantitative estimate of drug-likeness (QED) is 0.448. The maximum Gasteiger partial charge on any atom is 0.414 e. The molecule has 0 saturated heterocycles.